The highest BCUT2D eigenvalue weighted by Crippen LogP contribution is 2.23. The van der Waals surface area contributed by atoms with Crippen LogP contribution in [0.25, 0.3) is 10.9 Å². The fourth-order valence-corrected chi connectivity index (χ4v) is 2.74. The summed E-state index contributed by atoms with van der Waals surface area (Å²) >= 11 is 0. The van der Waals surface area contributed by atoms with Crippen molar-refractivity contribution in [2.75, 3.05) is 6.61 Å². The first-order valence-electron chi connectivity index (χ1n) is 8.09. The molecule has 0 aliphatic carbocycles. The molecule has 0 unspecified atom stereocenters. The number of benzene rings is 2. The molecule has 1 N–H and O–H groups in total. The van der Waals surface area contributed by atoms with Gasteiger partial charge in [-0.2, -0.15) is 10.4 Å². The predicted octanol–water partition coefficient (Wildman–Crippen LogP) is 2.89. The second-order valence-electron chi connectivity index (χ2n) is 5.77. The minimum atomic E-state index is -0.396. The number of ether oxygens (including phenoxy) is 1. The molecule has 6 nitrogen and oxygen atoms in total. The lowest BCUT2D eigenvalue weighted by molar-refractivity contribution is -0.123. The zero-order chi connectivity index (χ0) is 18.5. The van der Waals surface area contributed by atoms with Gasteiger partial charge in [-0.25, -0.2) is 5.43 Å². The smallest absolute Gasteiger partial charge is 0.277 e. The predicted molar refractivity (Wildman–Crippen MR) is 100 cm³/mol. The summed E-state index contributed by atoms with van der Waals surface area (Å²) in [5, 5.41) is 14.1. The third-order valence-electron chi connectivity index (χ3n) is 4.20. The number of amides is 1. The summed E-state index contributed by atoms with van der Waals surface area (Å²) in [6.07, 6.45) is 1.64. The number of nitriles is 1. The van der Waals surface area contributed by atoms with E-state index < -0.39 is 5.91 Å². The molecule has 0 aliphatic rings. The highest BCUT2D eigenvalue weighted by Gasteiger charge is 2.10. The van der Waals surface area contributed by atoms with Crippen LogP contribution in [0.5, 0.6) is 5.75 Å². The van der Waals surface area contributed by atoms with E-state index in [0.29, 0.717) is 11.3 Å². The Bertz CT molecular complexity index is 1030. The van der Waals surface area contributed by atoms with Gasteiger partial charge in [0.15, 0.2) is 6.61 Å². The van der Waals surface area contributed by atoms with E-state index in [2.05, 4.69) is 15.1 Å². The van der Waals surface area contributed by atoms with Gasteiger partial charge in [0.05, 0.1) is 11.8 Å². The number of hydrogen-bond acceptors (Lipinski definition) is 4. The fraction of sp³-hybridized carbons (Fsp3) is 0.150. The molecule has 130 valence electrons. The van der Waals surface area contributed by atoms with Gasteiger partial charge in [0, 0.05) is 29.2 Å². The van der Waals surface area contributed by atoms with Crippen molar-refractivity contribution in [2.24, 2.45) is 12.1 Å². The normalized spacial score (nSPS) is 10.8. The van der Waals surface area contributed by atoms with E-state index >= 15 is 0 Å². The molecular formula is C20H18N4O2. The molecule has 0 saturated heterocycles. The summed E-state index contributed by atoms with van der Waals surface area (Å²) < 4.78 is 7.46. The van der Waals surface area contributed by atoms with Crippen LogP contribution in [0.3, 0.4) is 0 Å². The van der Waals surface area contributed by atoms with Crippen LogP contribution in [0.2, 0.25) is 0 Å². The average Bonchev–Trinajstić information content (AvgIpc) is 2.91. The number of nitrogens with zero attached hydrogens (tertiary/aromatic N) is 3. The van der Waals surface area contributed by atoms with Crippen LogP contribution in [0, 0.1) is 18.3 Å². The molecule has 0 radical (unpaired) electrons. The Morgan fingerprint density at radius 1 is 1.27 bits per heavy atom. The van der Waals surface area contributed by atoms with E-state index in [4.69, 9.17) is 10.00 Å². The fourth-order valence-electron chi connectivity index (χ4n) is 2.74. The van der Waals surface area contributed by atoms with E-state index in [1.165, 1.54) is 0 Å². The molecule has 0 fully saturated rings. The van der Waals surface area contributed by atoms with E-state index in [-0.39, 0.29) is 6.61 Å². The van der Waals surface area contributed by atoms with Crippen LogP contribution >= 0.6 is 0 Å². The topological polar surface area (TPSA) is 79.4 Å². The maximum absolute atomic E-state index is 11.9. The van der Waals surface area contributed by atoms with Gasteiger partial charge in [0.2, 0.25) is 0 Å². The summed E-state index contributed by atoms with van der Waals surface area (Å²) in [6, 6.07) is 16.8. The van der Waals surface area contributed by atoms with E-state index in [0.717, 1.165) is 22.2 Å². The maximum Gasteiger partial charge on any atom is 0.277 e. The van der Waals surface area contributed by atoms with Crippen molar-refractivity contribution >= 4 is 23.0 Å². The Kier molecular flexibility index (Phi) is 4.99. The number of hydrazone groups is 1. The SMILES string of the molecule is Cc1c(/C=N\NC(=O)COc2ccccc2C#N)c2ccccc2n1C. The van der Waals surface area contributed by atoms with Crippen molar-refractivity contribution in [1.29, 1.82) is 5.26 Å². The molecule has 0 aliphatic heterocycles. The molecule has 0 saturated carbocycles. The standard InChI is InChI=1S/C20H18N4O2/c1-14-17(16-8-4-5-9-18(16)24(14)2)12-22-23-20(25)13-26-19-10-6-3-7-15(19)11-21/h3-10,12H,13H2,1-2H3,(H,23,25)/b22-12-. The lowest BCUT2D eigenvalue weighted by atomic mass is 10.1. The van der Waals surface area contributed by atoms with Crippen LogP contribution in [0.15, 0.2) is 53.6 Å². The van der Waals surface area contributed by atoms with Gasteiger partial charge in [-0.05, 0) is 25.1 Å². The van der Waals surface area contributed by atoms with Gasteiger partial charge in [0.25, 0.3) is 5.91 Å². The van der Waals surface area contributed by atoms with Crippen LogP contribution in [0.1, 0.15) is 16.8 Å². The molecular weight excluding hydrogens is 328 g/mol. The third kappa shape index (κ3) is 3.42. The van der Waals surface area contributed by atoms with Gasteiger partial charge < -0.3 is 9.30 Å². The number of aromatic nitrogens is 1. The number of nitrogens with one attached hydrogen (secondary N) is 1. The molecule has 1 heterocycles. The van der Waals surface area contributed by atoms with Crippen LogP contribution in [-0.4, -0.2) is 23.3 Å². The van der Waals surface area contributed by atoms with Crippen molar-refractivity contribution in [3.8, 4) is 11.8 Å². The molecule has 0 atom stereocenters. The van der Waals surface area contributed by atoms with Crippen molar-refractivity contribution in [3.63, 3.8) is 0 Å². The molecule has 26 heavy (non-hydrogen) atoms. The third-order valence-corrected chi connectivity index (χ3v) is 4.20. The van der Waals surface area contributed by atoms with Gasteiger partial charge in [-0.15, -0.1) is 0 Å². The van der Waals surface area contributed by atoms with Crippen molar-refractivity contribution in [1.82, 2.24) is 9.99 Å². The van der Waals surface area contributed by atoms with Gasteiger partial charge in [-0.1, -0.05) is 30.3 Å². The van der Waals surface area contributed by atoms with Crippen LogP contribution < -0.4 is 10.2 Å². The van der Waals surface area contributed by atoms with Crippen LogP contribution in [-0.2, 0) is 11.8 Å². The van der Waals surface area contributed by atoms with Gasteiger partial charge >= 0.3 is 0 Å². The number of para-hydroxylation sites is 2. The van der Waals surface area contributed by atoms with Gasteiger partial charge in [-0.3, -0.25) is 4.79 Å². The summed E-state index contributed by atoms with van der Waals surface area (Å²) in [6.45, 7) is 1.79. The number of aryl methyl sites for hydroxylation is 1. The molecule has 3 rings (SSSR count). The highest BCUT2D eigenvalue weighted by molar-refractivity contribution is 6.01. The molecule has 0 bridgehead atoms. The van der Waals surface area contributed by atoms with Crippen molar-refractivity contribution in [2.45, 2.75) is 6.92 Å². The lowest BCUT2D eigenvalue weighted by Crippen LogP contribution is -2.24. The zero-order valence-corrected chi connectivity index (χ0v) is 14.6. The Morgan fingerprint density at radius 3 is 2.81 bits per heavy atom. The number of rotatable bonds is 5. The van der Waals surface area contributed by atoms with Crippen LogP contribution in [0.4, 0.5) is 0 Å². The quantitative estimate of drug-likeness (QED) is 0.570. The first kappa shape index (κ1) is 17.2. The second kappa shape index (κ2) is 7.53. The first-order chi connectivity index (χ1) is 12.6. The Labute approximate surface area is 151 Å². The number of carbonyl (C=O) groups excluding carboxylic acids is 1. The van der Waals surface area contributed by atoms with E-state index in [1.807, 2.05) is 44.3 Å². The molecule has 1 aromatic heterocycles. The van der Waals surface area contributed by atoms with Gasteiger partial charge in [0.1, 0.15) is 11.8 Å². The number of carbonyl (C=O) groups is 1. The summed E-state index contributed by atoms with van der Waals surface area (Å²) in [4.78, 5) is 11.9. The van der Waals surface area contributed by atoms with Crippen molar-refractivity contribution in [3.05, 3.63) is 65.4 Å². The summed E-state index contributed by atoms with van der Waals surface area (Å²) in [7, 11) is 1.99. The second-order valence-corrected chi connectivity index (χ2v) is 5.77. The molecule has 2 aromatic carbocycles. The van der Waals surface area contributed by atoms with Crippen molar-refractivity contribution < 1.29 is 9.53 Å². The molecule has 0 spiro atoms. The zero-order valence-electron chi connectivity index (χ0n) is 14.6. The van der Waals surface area contributed by atoms with E-state index in [9.17, 15) is 4.79 Å². The largest absolute Gasteiger partial charge is 0.482 e. The number of fused-ring (bicyclic) bond motifs is 1. The number of hydrogen-bond donors (Lipinski definition) is 1. The summed E-state index contributed by atoms with van der Waals surface area (Å²) in [5.41, 5.74) is 5.96. The Hall–Kier alpha value is -3.59. The average molecular weight is 346 g/mol. The monoisotopic (exact) mass is 346 g/mol. The lowest BCUT2D eigenvalue weighted by Gasteiger charge is -2.06. The maximum atomic E-state index is 11.9. The minimum absolute atomic E-state index is 0.218. The molecule has 3 aromatic rings. The molecule has 1 amide bonds. The molecule has 6 heteroatoms. The first-order valence-corrected chi connectivity index (χ1v) is 8.09. The van der Waals surface area contributed by atoms with E-state index in [1.54, 1.807) is 30.5 Å². The Balaban J connectivity index is 1.65. The Morgan fingerprint density at radius 2 is 2.00 bits per heavy atom. The minimum Gasteiger partial charge on any atom is -0.482 e. The highest BCUT2D eigenvalue weighted by atomic mass is 16.5. The summed E-state index contributed by atoms with van der Waals surface area (Å²) in [5.74, 6) is -0.0223.